The van der Waals surface area contributed by atoms with Crippen LogP contribution in [0.4, 0.5) is 5.69 Å². The molecular formula is C21H29N3. The molecule has 0 bridgehead atoms. The van der Waals surface area contributed by atoms with Crippen LogP contribution in [0.15, 0.2) is 48.5 Å². The summed E-state index contributed by atoms with van der Waals surface area (Å²) in [7, 11) is 0. The molecule has 0 spiro atoms. The molecule has 0 amide bonds. The minimum absolute atomic E-state index is 0.915. The summed E-state index contributed by atoms with van der Waals surface area (Å²) >= 11 is 0. The minimum Gasteiger partial charge on any atom is -0.369 e. The highest BCUT2D eigenvalue weighted by molar-refractivity contribution is 5.48. The van der Waals surface area contributed by atoms with Crippen LogP contribution in [0.25, 0.3) is 0 Å². The summed E-state index contributed by atoms with van der Waals surface area (Å²) in [6.07, 6.45) is 0. The normalized spacial score (nSPS) is 15.7. The van der Waals surface area contributed by atoms with Gasteiger partial charge in [-0.15, -0.1) is 0 Å². The van der Waals surface area contributed by atoms with Gasteiger partial charge in [0, 0.05) is 45.0 Å². The molecule has 1 heterocycles. The molecule has 0 saturated carbocycles. The van der Waals surface area contributed by atoms with Crippen LogP contribution in [0.3, 0.4) is 0 Å². The van der Waals surface area contributed by atoms with Crippen molar-refractivity contribution in [2.45, 2.75) is 26.9 Å². The second kappa shape index (κ2) is 8.32. The van der Waals surface area contributed by atoms with Crippen molar-refractivity contribution < 1.29 is 0 Å². The second-order valence-corrected chi connectivity index (χ2v) is 6.68. The molecule has 2 aromatic carbocycles. The van der Waals surface area contributed by atoms with E-state index in [1.807, 2.05) is 0 Å². The lowest BCUT2D eigenvalue weighted by Gasteiger charge is -2.35. The van der Waals surface area contributed by atoms with E-state index in [0.29, 0.717) is 0 Å². The van der Waals surface area contributed by atoms with Crippen LogP contribution in [-0.2, 0) is 13.1 Å². The third-order valence-corrected chi connectivity index (χ3v) is 4.86. The zero-order chi connectivity index (χ0) is 16.8. The maximum atomic E-state index is 3.54. The first kappa shape index (κ1) is 17.0. The number of hydrogen-bond acceptors (Lipinski definition) is 3. The van der Waals surface area contributed by atoms with Crippen molar-refractivity contribution in [3.05, 3.63) is 65.2 Å². The second-order valence-electron chi connectivity index (χ2n) is 6.68. The van der Waals surface area contributed by atoms with E-state index >= 15 is 0 Å². The molecule has 0 aliphatic carbocycles. The van der Waals surface area contributed by atoms with Gasteiger partial charge in [0.25, 0.3) is 0 Å². The Balaban J connectivity index is 1.48. The summed E-state index contributed by atoms with van der Waals surface area (Å²) in [5, 5.41) is 3.54. The van der Waals surface area contributed by atoms with Gasteiger partial charge < -0.3 is 15.1 Å². The van der Waals surface area contributed by atoms with Gasteiger partial charge in [0.05, 0.1) is 0 Å². The first-order valence-electron chi connectivity index (χ1n) is 9.07. The van der Waals surface area contributed by atoms with Crippen molar-refractivity contribution in [3.8, 4) is 0 Å². The summed E-state index contributed by atoms with van der Waals surface area (Å²) in [5.41, 5.74) is 5.37. The quantitative estimate of drug-likeness (QED) is 0.879. The maximum absolute atomic E-state index is 3.54. The van der Waals surface area contributed by atoms with Gasteiger partial charge in [0.2, 0.25) is 0 Å². The van der Waals surface area contributed by atoms with E-state index in [2.05, 4.69) is 77.5 Å². The third-order valence-electron chi connectivity index (χ3n) is 4.86. The number of aryl methyl sites for hydroxylation is 1. The van der Waals surface area contributed by atoms with Crippen LogP contribution in [0.2, 0.25) is 0 Å². The maximum Gasteiger partial charge on any atom is 0.0367 e. The number of piperazine rings is 1. The van der Waals surface area contributed by atoms with Gasteiger partial charge in [-0.2, -0.15) is 0 Å². The fourth-order valence-corrected chi connectivity index (χ4v) is 3.32. The number of nitrogens with zero attached hydrogens (tertiary/aromatic N) is 2. The molecule has 1 N–H and O–H groups in total. The number of hydrogen-bond donors (Lipinski definition) is 1. The van der Waals surface area contributed by atoms with Crippen LogP contribution < -0.4 is 10.2 Å². The Morgan fingerprint density at radius 2 is 1.58 bits per heavy atom. The molecule has 2 aromatic rings. The Kier molecular flexibility index (Phi) is 5.89. The average Bonchev–Trinajstić information content (AvgIpc) is 2.63. The van der Waals surface area contributed by atoms with E-state index in [1.54, 1.807) is 0 Å². The molecule has 1 fully saturated rings. The number of anilines is 1. The Bertz CT molecular complexity index is 628. The van der Waals surface area contributed by atoms with Crippen LogP contribution in [-0.4, -0.2) is 37.6 Å². The van der Waals surface area contributed by atoms with Crippen molar-refractivity contribution in [1.29, 1.82) is 0 Å². The molecule has 0 aromatic heterocycles. The monoisotopic (exact) mass is 323 g/mol. The van der Waals surface area contributed by atoms with Gasteiger partial charge in [-0.3, -0.25) is 0 Å². The van der Waals surface area contributed by atoms with E-state index < -0.39 is 0 Å². The van der Waals surface area contributed by atoms with Gasteiger partial charge in [-0.25, -0.2) is 0 Å². The Hall–Kier alpha value is -1.84. The molecule has 1 saturated heterocycles. The van der Waals surface area contributed by atoms with Crippen LogP contribution in [0, 0.1) is 6.92 Å². The van der Waals surface area contributed by atoms with Gasteiger partial charge in [0.1, 0.15) is 0 Å². The first-order chi connectivity index (χ1) is 11.7. The number of likely N-dealkylation sites (N-methyl/N-ethyl adjacent to an activating group) is 1. The van der Waals surface area contributed by atoms with Crippen molar-refractivity contribution in [2.24, 2.45) is 0 Å². The Morgan fingerprint density at radius 1 is 0.875 bits per heavy atom. The topological polar surface area (TPSA) is 18.5 Å². The Labute approximate surface area is 146 Å². The predicted molar refractivity (Wildman–Crippen MR) is 102 cm³/mol. The van der Waals surface area contributed by atoms with Gasteiger partial charge >= 0.3 is 0 Å². The average molecular weight is 323 g/mol. The molecule has 0 unspecified atom stereocenters. The van der Waals surface area contributed by atoms with Crippen molar-refractivity contribution >= 4 is 5.69 Å². The first-order valence-corrected chi connectivity index (χ1v) is 9.07. The van der Waals surface area contributed by atoms with Gasteiger partial charge in [0.15, 0.2) is 0 Å². The molecule has 0 radical (unpaired) electrons. The number of benzene rings is 2. The smallest absolute Gasteiger partial charge is 0.0367 e. The SMILES string of the molecule is CCN1CCN(c2ccc(CNCc3cccc(C)c3)cc2)CC1. The van der Waals surface area contributed by atoms with Crippen LogP contribution >= 0.6 is 0 Å². The molecule has 3 rings (SSSR count). The minimum atomic E-state index is 0.915. The van der Waals surface area contributed by atoms with Gasteiger partial charge in [-0.1, -0.05) is 48.9 Å². The van der Waals surface area contributed by atoms with E-state index in [4.69, 9.17) is 0 Å². The lowest BCUT2D eigenvalue weighted by molar-refractivity contribution is 0.271. The molecule has 3 nitrogen and oxygen atoms in total. The highest BCUT2D eigenvalue weighted by Gasteiger charge is 2.15. The zero-order valence-corrected chi connectivity index (χ0v) is 15.0. The molecular weight excluding hydrogens is 294 g/mol. The van der Waals surface area contributed by atoms with Crippen LogP contribution in [0.1, 0.15) is 23.6 Å². The predicted octanol–water partition coefficient (Wildman–Crippen LogP) is 3.43. The van der Waals surface area contributed by atoms with Crippen molar-refractivity contribution in [2.75, 3.05) is 37.6 Å². The lowest BCUT2D eigenvalue weighted by Crippen LogP contribution is -2.46. The van der Waals surface area contributed by atoms with Crippen molar-refractivity contribution in [3.63, 3.8) is 0 Å². The molecule has 1 aliphatic heterocycles. The summed E-state index contributed by atoms with van der Waals surface area (Å²) < 4.78 is 0. The van der Waals surface area contributed by atoms with Crippen LogP contribution in [0.5, 0.6) is 0 Å². The summed E-state index contributed by atoms with van der Waals surface area (Å²) in [5.74, 6) is 0. The standard InChI is InChI=1S/C21H29N3/c1-3-23-11-13-24(14-12-23)21-9-7-19(8-10-21)16-22-17-20-6-4-5-18(2)15-20/h4-10,15,22H,3,11-14,16-17H2,1-2H3. The highest BCUT2D eigenvalue weighted by Crippen LogP contribution is 2.17. The molecule has 1 aliphatic rings. The van der Waals surface area contributed by atoms with E-state index in [9.17, 15) is 0 Å². The zero-order valence-electron chi connectivity index (χ0n) is 15.0. The molecule has 0 atom stereocenters. The van der Waals surface area contributed by atoms with E-state index in [-0.39, 0.29) is 0 Å². The molecule has 24 heavy (non-hydrogen) atoms. The van der Waals surface area contributed by atoms with Gasteiger partial charge in [-0.05, 0) is 36.7 Å². The Morgan fingerprint density at radius 3 is 2.25 bits per heavy atom. The fourth-order valence-electron chi connectivity index (χ4n) is 3.32. The number of nitrogens with one attached hydrogen (secondary N) is 1. The summed E-state index contributed by atoms with van der Waals surface area (Å²) in [4.78, 5) is 5.01. The van der Waals surface area contributed by atoms with Crippen molar-refractivity contribution in [1.82, 2.24) is 10.2 Å². The lowest BCUT2D eigenvalue weighted by atomic mass is 10.1. The summed E-state index contributed by atoms with van der Waals surface area (Å²) in [6.45, 7) is 12.0. The molecule has 3 heteroatoms. The highest BCUT2D eigenvalue weighted by atomic mass is 15.3. The third kappa shape index (κ3) is 4.59. The molecule has 128 valence electrons. The van der Waals surface area contributed by atoms with E-state index in [1.165, 1.54) is 42.0 Å². The fraction of sp³-hybridized carbons (Fsp3) is 0.429. The van der Waals surface area contributed by atoms with E-state index in [0.717, 1.165) is 26.2 Å². The number of rotatable bonds is 6. The largest absolute Gasteiger partial charge is 0.369 e. The summed E-state index contributed by atoms with van der Waals surface area (Å²) in [6, 6.07) is 17.7.